The third kappa shape index (κ3) is 3.27. The van der Waals surface area contributed by atoms with Crippen LogP contribution in [0.15, 0.2) is 28.9 Å². The zero-order valence-electron chi connectivity index (χ0n) is 12.8. The zero-order chi connectivity index (χ0) is 16.4. The van der Waals surface area contributed by atoms with Gasteiger partial charge in [0.1, 0.15) is 5.57 Å². The molecule has 0 radical (unpaired) electrons. The van der Waals surface area contributed by atoms with Crippen LogP contribution in [0.3, 0.4) is 0 Å². The summed E-state index contributed by atoms with van der Waals surface area (Å²) in [5.74, 6) is -0.467. The van der Waals surface area contributed by atoms with Gasteiger partial charge in [0.15, 0.2) is 17.3 Å². The topological polar surface area (TPSA) is 52.6 Å². The summed E-state index contributed by atoms with van der Waals surface area (Å²) >= 11 is 1.37. The van der Waals surface area contributed by atoms with Crippen LogP contribution in [0.2, 0.25) is 0 Å². The molecule has 4 nitrogen and oxygen atoms in total. The Bertz CT molecular complexity index is 679. The smallest absolute Gasteiger partial charge is 0.200 e. The lowest BCUT2D eigenvalue weighted by Crippen LogP contribution is -2.18. The maximum atomic E-state index is 13.9. The molecule has 0 aromatic heterocycles. The second-order valence-corrected chi connectivity index (χ2v) is 6.51. The van der Waals surface area contributed by atoms with Gasteiger partial charge in [0.2, 0.25) is 5.78 Å². The Morgan fingerprint density at radius 1 is 1.43 bits per heavy atom. The Labute approximate surface area is 138 Å². The van der Waals surface area contributed by atoms with Crippen molar-refractivity contribution in [3.05, 3.63) is 35.3 Å². The molecule has 6 heteroatoms. The lowest BCUT2D eigenvalue weighted by Gasteiger charge is -2.20. The summed E-state index contributed by atoms with van der Waals surface area (Å²) in [5, 5.41) is 0. The van der Waals surface area contributed by atoms with Crippen LogP contribution in [-0.4, -0.2) is 30.5 Å². The number of thioether (sulfide) groups is 1. The molecule has 122 valence electrons. The summed E-state index contributed by atoms with van der Waals surface area (Å²) in [7, 11) is 0. The van der Waals surface area contributed by atoms with Gasteiger partial charge in [-0.25, -0.2) is 4.39 Å². The maximum Gasteiger partial charge on any atom is 0.200 e. The maximum absolute atomic E-state index is 13.9. The van der Waals surface area contributed by atoms with E-state index in [4.69, 9.17) is 9.47 Å². The number of fused-ring (bicyclic) bond motifs is 1. The van der Waals surface area contributed by atoms with Gasteiger partial charge in [-0.05, 0) is 31.9 Å². The summed E-state index contributed by atoms with van der Waals surface area (Å²) < 4.78 is 24.4. The molecule has 1 saturated carbocycles. The second-order valence-electron chi connectivity index (χ2n) is 5.40. The number of hydrogen-bond donors (Lipinski definition) is 0. The van der Waals surface area contributed by atoms with Crippen LogP contribution >= 0.6 is 11.8 Å². The van der Waals surface area contributed by atoms with Crippen LogP contribution < -0.4 is 4.74 Å². The fraction of sp³-hybridized carbons (Fsp3) is 0.412. The zero-order valence-corrected chi connectivity index (χ0v) is 13.6. The molecular formula is C17H17FO4S. The standard InChI is InChI=1S/C17H17FO4S/c1-2-21-9-12(14(19)10-3-4-10)15(20)11-5-6-13(18)16-17(11)23-8-7-22-16/h5-6,9-10H,2-4,7-8H2,1H3. The molecule has 1 heterocycles. The van der Waals surface area contributed by atoms with Crippen molar-refractivity contribution in [1.82, 2.24) is 0 Å². The van der Waals surface area contributed by atoms with Crippen LogP contribution in [0.25, 0.3) is 0 Å². The van der Waals surface area contributed by atoms with Crippen molar-refractivity contribution in [2.75, 3.05) is 19.0 Å². The lowest BCUT2D eigenvalue weighted by molar-refractivity contribution is -0.116. The molecule has 0 N–H and O–H groups in total. The summed E-state index contributed by atoms with van der Waals surface area (Å²) in [5.41, 5.74) is 0.334. The highest BCUT2D eigenvalue weighted by Crippen LogP contribution is 2.40. The van der Waals surface area contributed by atoms with E-state index >= 15 is 0 Å². The van der Waals surface area contributed by atoms with Crippen molar-refractivity contribution in [2.24, 2.45) is 5.92 Å². The Morgan fingerprint density at radius 3 is 2.91 bits per heavy atom. The first-order chi connectivity index (χ1) is 11.1. The number of ether oxygens (including phenoxy) is 2. The normalized spacial score (nSPS) is 17.2. The van der Waals surface area contributed by atoms with Gasteiger partial charge in [0, 0.05) is 17.2 Å². The molecule has 0 atom stereocenters. The quantitative estimate of drug-likeness (QED) is 0.262. The van der Waals surface area contributed by atoms with Crippen LogP contribution in [0, 0.1) is 11.7 Å². The number of allylic oxidation sites excluding steroid dienone is 1. The summed E-state index contributed by atoms with van der Waals surface area (Å²) in [6.07, 6.45) is 2.84. The summed E-state index contributed by atoms with van der Waals surface area (Å²) in [6.45, 7) is 2.55. The van der Waals surface area contributed by atoms with Crippen LogP contribution in [-0.2, 0) is 9.53 Å². The van der Waals surface area contributed by atoms with Gasteiger partial charge < -0.3 is 9.47 Å². The molecule has 1 aliphatic heterocycles. The van der Waals surface area contributed by atoms with Crippen molar-refractivity contribution in [1.29, 1.82) is 0 Å². The number of rotatable bonds is 6. The van der Waals surface area contributed by atoms with E-state index in [0.717, 1.165) is 12.8 Å². The first kappa shape index (κ1) is 16.1. The van der Waals surface area contributed by atoms with Crippen molar-refractivity contribution in [2.45, 2.75) is 24.7 Å². The molecule has 0 bridgehead atoms. The highest BCUT2D eigenvalue weighted by atomic mass is 32.2. The number of ketones is 2. The minimum atomic E-state index is -0.493. The predicted octanol–water partition coefficient (Wildman–Crippen LogP) is 3.39. The molecule has 0 amide bonds. The highest BCUT2D eigenvalue weighted by molar-refractivity contribution is 7.99. The number of hydrogen-bond acceptors (Lipinski definition) is 5. The third-order valence-electron chi connectivity index (χ3n) is 3.71. The Morgan fingerprint density at radius 2 is 2.22 bits per heavy atom. The average Bonchev–Trinajstić information content (AvgIpc) is 3.40. The van der Waals surface area contributed by atoms with Gasteiger partial charge in [-0.1, -0.05) is 0 Å². The van der Waals surface area contributed by atoms with E-state index in [1.165, 1.54) is 30.2 Å². The van der Waals surface area contributed by atoms with E-state index in [1.54, 1.807) is 6.92 Å². The fourth-order valence-corrected chi connectivity index (χ4v) is 3.36. The number of Topliss-reactive ketones (excluding diaryl/α,β-unsaturated/α-hetero) is 2. The molecular weight excluding hydrogens is 319 g/mol. The first-order valence-electron chi connectivity index (χ1n) is 7.62. The molecule has 0 unspecified atom stereocenters. The van der Waals surface area contributed by atoms with E-state index in [9.17, 15) is 14.0 Å². The van der Waals surface area contributed by atoms with Crippen molar-refractivity contribution < 1.29 is 23.5 Å². The minimum absolute atomic E-state index is 0.0364. The van der Waals surface area contributed by atoms with Crippen LogP contribution in [0.1, 0.15) is 30.1 Å². The molecule has 1 fully saturated rings. The van der Waals surface area contributed by atoms with Crippen LogP contribution in [0.4, 0.5) is 4.39 Å². The van der Waals surface area contributed by atoms with E-state index in [2.05, 4.69) is 0 Å². The number of halogens is 1. The van der Waals surface area contributed by atoms with Gasteiger partial charge in [0.05, 0.1) is 24.4 Å². The third-order valence-corrected chi connectivity index (χ3v) is 4.78. The molecule has 1 aromatic carbocycles. The fourth-order valence-electron chi connectivity index (χ4n) is 2.38. The molecule has 2 aliphatic rings. The Balaban J connectivity index is 1.98. The molecule has 3 rings (SSSR count). The highest BCUT2D eigenvalue weighted by Gasteiger charge is 2.36. The van der Waals surface area contributed by atoms with Gasteiger partial charge in [-0.2, -0.15) is 0 Å². The average molecular weight is 336 g/mol. The molecule has 0 spiro atoms. The van der Waals surface area contributed by atoms with E-state index in [1.807, 2.05) is 0 Å². The molecule has 0 saturated heterocycles. The van der Waals surface area contributed by atoms with Crippen LogP contribution in [0.5, 0.6) is 5.75 Å². The van der Waals surface area contributed by atoms with E-state index in [-0.39, 0.29) is 23.0 Å². The Hall–Kier alpha value is -1.82. The van der Waals surface area contributed by atoms with Gasteiger partial charge >= 0.3 is 0 Å². The molecule has 1 aliphatic carbocycles. The summed E-state index contributed by atoms with van der Waals surface area (Å²) in [6, 6.07) is 2.62. The van der Waals surface area contributed by atoms with E-state index < -0.39 is 11.6 Å². The summed E-state index contributed by atoms with van der Waals surface area (Å²) in [4.78, 5) is 25.7. The van der Waals surface area contributed by atoms with Gasteiger partial charge in [0.25, 0.3) is 0 Å². The van der Waals surface area contributed by atoms with Gasteiger partial charge in [-0.15, -0.1) is 11.8 Å². The second kappa shape index (κ2) is 6.74. The Kier molecular flexibility index (Phi) is 4.71. The van der Waals surface area contributed by atoms with Crippen molar-refractivity contribution in [3.63, 3.8) is 0 Å². The minimum Gasteiger partial charge on any atom is -0.501 e. The number of carbonyl (C=O) groups is 2. The largest absolute Gasteiger partial charge is 0.501 e. The van der Waals surface area contributed by atoms with Crippen molar-refractivity contribution in [3.8, 4) is 5.75 Å². The number of benzene rings is 1. The monoisotopic (exact) mass is 336 g/mol. The van der Waals surface area contributed by atoms with Crippen molar-refractivity contribution >= 4 is 23.3 Å². The molecule has 23 heavy (non-hydrogen) atoms. The SMILES string of the molecule is CCOC=C(C(=O)c1ccc(F)c2c1SCCO2)C(=O)C1CC1. The predicted molar refractivity (Wildman–Crippen MR) is 84.4 cm³/mol. The van der Waals surface area contributed by atoms with E-state index in [0.29, 0.717) is 29.4 Å². The molecule has 1 aromatic rings. The number of carbonyl (C=O) groups excluding carboxylic acids is 2. The first-order valence-corrected chi connectivity index (χ1v) is 8.60. The lowest BCUT2D eigenvalue weighted by atomic mass is 9.98. The van der Waals surface area contributed by atoms with Gasteiger partial charge in [-0.3, -0.25) is 9.59 Å².